The van der Waals surface area contributed by atoms with Crippen LogP contribution in [-0.2, 0) is 6.42 Å². The second-order valence-corrected chi connectivity index (χ2v) is 6.89. The highest BCUT2D eigenvalue weighted by Crippen LogP contribution is 2.35. The van der Waals surface area contributed by atoms with Gasteiger partial charge >= 0.3 is 0 Å². The van der Waals surface area contributed by atoms with Gasteiger partial charge in [0, 0.05) is 37.5 Å². The Morgan fingerprint density at radius 2 is 1.88 bits per heavy atom. The number of halogens is 1. The molecular weight excluding hydrogens is 327 g/mol. The van der Waals surface area contributed by atoms with Gasteiger partial charge in [-0.3, -0.25) is 0 Å². The fraction of sp³-hybridized carbons (Fsp3) is 0.286. The molecular formula is C21H23FN4. The van der Waals surface area contributed by atoms with Gasteiger partial charge < -0.3 is 10.2 Å². The minimum Gasteiger partial charge on any atom is -0.378 e. The van der Waals surface area contributed by atoms with Crippen molar-refractivity contribution in [1.82, 2.24) is 9.78 Å². The summed E-state index contributed by atoms with van der Waals surface area (Å²) in [6, 6.07) is 14.9. The molecule has 2 heterocycles. The lowest BCUT2D eigenvalue weighted by molar-refractivity contribution is 0.627. The van der Waals surface area contributed by atoms with Gasteiger partial charge in [0.05, 0.1) is 11.4 Å². The van der Waals surface area contributed by atoms with Gasteiger partial charge in [-0.05, 0) is 55.7 Å². The van der Waals surface area contributed by atoms with Crippen LogP contribution < -0.4 is 10.2 Å². The zero-order chi connectivity index (χ0) is 18.1. The van der Waals surface area contributed by atoms with E-state index >= 15 is 0 Å². The van der Waals surface area contributed by atoms with Gasteiger partial charge in [-0.1, -0.05) is 12.1 Å². The highest BCUT2D eigenvalue weighted by atomic mass is 19.1. The highest BCUT2D eigenvalue weighted by Gasteiger charge is 2.22. The van der Waals surface area contributed by atoms with Crippen molar-refractivity contribution in [3.05, 3.63) is 59.9 Å². The average molecular weight is 350 g/mol. The molecule has 0 saturated heterocycles. The van der Waals surface area contributed by atoms with Gasteiger partial charge in [0.2, 0.25) is 0 Å². The molecule has 0 bridgehead atoms. The molecule has 3 aromatic rings. The fourth-order valence-corrected chi connectivity index (χ4v) is 3.43. The van der Waals surface area contributed by atoms with Gasteiger partial charge in [-0.25, -0.2) is 9.07 Å². The van der Waals surface area contributed by atoms with Crippen molar-refractivity contribution in [3.63, 3.8) is 0 Å². The van der Waals surface area contributed by atoms with E-state index in [9.17, 15) is 4.39 Å². The van der Waals surface area contributed by atoms with E-state index < -0.39 is 0 Å². The second kappa shape index (κ2) is 6.83. The predicted octanol–water partition coefficient (Wildman–Crippen LogP) is 4.49. The van der Waals surface area contributed by atoms with Crippen LogP contribution >= 0.6 is 0 Å². The standard InChI is InChI=1S/C21H23FN4/c1-25(2)18-7-5-6-15(14-18)20-19-8-3-4-13-23-21(19)26(24-20)17-11-9-16(22)10-12-17/h5-7,9-12,14,23H,3-4,8,13H2,1-2H3. The topological polar surface area (TPSA) is 33.1 Å². The summed E-state index contributed by atoms with van der Waals surface area (Å²) >= 11 is 0. The monoisotopic (exact) mass is 350 g/mol. The van der Waals surface area contributed by atoms with Crippen molar-refractivity contribution in [2.45, 2.75) is 19.3 Å². The number of anilines is 2. The third-order valence-corrected chi connectivity index (χ3v) is 4.84. The molecule has 26 heavy (non-hydrogen) atoms. The second-order valence-electron chi connectivity index (χ2n) is 6.89. The fourth-order valence-electron chi connectivity index (χ4n) is 3.43. The van der Waals surface area contributed by atoms with E-state index in [2.05, 4.69) is 34.5 Å². The summed E-state index contributed by atoms with van der Waals surface area (Å²) < 4.78 is 15.3. The summed E-state index contributed by atoms with van der Waals surface area (Å²) in [6.45, 7) is 0.928. The maximum absolute atomic E-state index is 13.3. The smallest absolute Gasteiger partial charge is 0.133 e. The predicted molar refractivity (Wildman–Crippen MR) is 105 cm³/mol. The molecule has 0 radical (unpaired) electrons. The molecule has 4 rings (SSSR count). The number of hydrogen-bond acceptors (Lipinski definition) is 3. The van der Waals surface area contributed by atoms with Crippen LogP contribution in [0.1, 0.15) is 18.4 Å². The van der Waals surface area contributed by atoms with Crippen molar-refractivity contribution in [3.8, 4) is 16.9 Å². The Bertz CT molecular complexity index is 912. The molecule has 1 aliphatic heterocycles. The number of hydrogen-bond donors (Lipinski definition) is 1. The zero-order valence-corrected chi connectivity index (χ0v) is 15.2. The molecule has 0 amide bonds. The third kappa shape index (κ3) is 3.05. The van der Waals surface area contributed by atoms with Crippen molar-refractivity contribution < 1.29 is 4.39 Å². The molecule has 1 aromatic heterocycles. The highest BCUT2D eigenvalue weighted by molar-refractivity contribution is 5.73. The Kier molecular flexibility index (Phi) is 4.37. The van der Waals surface area contributed by atoms with E-state index in [0.29, 0.717) is 0 Å². The van der Waals surface area contributed by atoms with E-state index in [0.717, 1.165) is 54.3 Å². The summed E-state index contributed by atoms with van der Waals surface area (Å²) in [6.07, 6.45) is 3.26. The first-order valence-corrected chi connectivity index (χ1v) is 9.03. The summed E-state index contributed by atoms with van der Waals surface area (Å²) in [5, 5.41) is 8.45. The van der Waals surface area contributed by atoms with E-state index in [1.165, 1.54) is 17.7 Å². The molecule has 0 spiro atoms. The van der Waals surface area contributed by atoms with Gasteiger partial charge in [0.15, 0.2) is 0 Å². The van der Waals surface area contributed by atoms with Crippen LogP contribution in [0, 0.1) is 5.82 Å². The molecule has 0 atom stereocenters. The molecule has 1 aliphatic rings. The number of nitrogens with zero attached hydrogens (tertiary/aromatic N) is 3. The van der Waals surface area contributed by atoms with E-state index in [-0.39, 0.29) is 5.82 Å². The van der Waals surface area contributed by atoms with E-state index in [4.69, 9.17) is 5.10 Å². The van der Waals surface area contributed by atoms with Gasteiger partial charge in [-0.15, -0.1) is 0 Å². The first-order chi connectivity index (χ1) is 12.6. The van der Waals surface area contributed by atoms with Crippen LogP contribution in [0.15, 0.2) is 48.5 Å². The molecule has 0 aliphatic carbocycles. The van der Waals surface area contributed by atoms with Gasteiger partial charge in [-0.2, -0.15) is 5.10 Å². The Labute approximate surface area is 153 Å². The number of aromatic nitrogens is 2. The first kappa shape index (κ1) is 16.6. The minimum atomic E-state index is -0.237. The number of fused-ring (bicyclic) bond motifs is 1. The molecule has 5 heteroatoms. The molecule has 0 fully saturated rings. The average Bonchev–Trinajstić information content (AvgIpc) is 2.84. The SMILES string of the molecule is CN(C)c1cccc(-c2nn(-c3ccc(F)cc3)c3c2CCCCN3)c1. The third-order valence-electron chi connectivity index (χ3n) is 4.84. The van der Waals surface area contributed by atoms with E-state index in [1.807, 2.05) is 18.8 Å². The molecule has 0 saturated carbocycles. The van der Waals surface area contributed by atoms with Gasteiger partial charge in [0.1, 0.15) is 11.6 Å². The van der Waals surface area contributed by atoms with Crippen LogP contribution in [0.2, 0.25) is 0 Å². The van der Waals surface area contributed by atoms with Crippen molar-refractivity contribution in [2.24, 2.45) is 0 Å². The Hall–Kier alpha value is -2.82. The quantitative estimate of drug-likeness (QED) is 0.755. The van der Waals surface area contributed by atoms with Crippen LogP contribution in [0.4, 0.5) is 15.9 Å². The number of benzene rings is 2. The Morgan fingerprint density at radius 1 is 1.08 bits per heavy atom. The van der Waals surface area contributed by atoms with Gasteiger partial charge in [0.25, 0.3) is 0 Å². The van der Waals surface area contributed by atoms with Crippen molar-refractivity contribution in [1.29, 1.82) is 0 Å². The summed E-state index contributed by atoms with van der Waals surface area (Å²) in [5.41, 5.74) is 5.36. The maximum atomic E-state index is 13.3. The number of nitrogens with one attached hydrogen (secondary N) is 1. The Balaban J connectivity index is 1.87. The zero-order valence-electron chi connectivity index (χ0n) is 15.2. The molecule has 0 unspecified atom stereocenters. The summed E-state index contributed by atoms with van der Waals surface area (Å²) in [4.78, 5) is 2.09. The lowest BCUT2D eigenvalue weighted by Crippen LogP contribution is -2.08. The summed E-state index contributed by atoms with van der Waals surface area (Å²) in [5.74, 6) is 0.790. The van der Waals surface area contributed by atoms with Crippen molar-refractivity contribution >= 4 is 11.5 Å². The normalized spacial score (nSPS) is 13.7. The van der Waals surface area contributed by atoms with Crippen LogP contribution in [0.25, 0.3) is 16.9 Å². The lowest BCUT2D eigenvalue weighted by atomic mass is 10.0. The summed E-state index contributed by atoms with van der Waals surface area (Å²) in [7, 11) is 4.08. The van der Waals surface area contributed by atoms with Crippen LogP contribution in [0.5, 0.6) is 0 Å². The molecule has 1 N–H and O–H groups in total. The van der Waals surface area contributed by atoms with E-state index in [1.54, 1.807) is 12.1 Å². The van der Waals surface area contributed by atoms with Crippen LogP contribution in [0.3, 0.4) is 0 Å². The first-order valence-electron chi connectivity index (χ1n) is 9.03. The number of rotatable bonds is 3. The van der Waals surface area contributed by atoms with Crippen LogP contribution in [-0.4, -0.2) is 30.4 Å². The maximum Gasteiger partial charge on any atom is 0.133 e. The Morgan fingerprint density at radius 3 is 2.65 bits per heavy atom. The molecule has 2 aromatic carbocycles. The molecule has 4 nitrogen and oxygen atoms in total. The van der Waals surface area contributed by atoms with Crippen molar-refractivity contribution in [2.75, 3.05) is 30.9 Å². The lowest BCUT2D eigenvalue weighted by Gasteiger charge is -2.13. The largest absolute Gasteiger partial charge is 0.378 e. The molecule has 134 valence electrons. The minimum absolute atomic E-state index is 0.237.